The highest BCUT2D eigenvalue weighted by Crippen LogP contribution is 2.42. The molecule has 2 aromatic carbocycles. The molecule has 6 rings (SSSR count). The molecule has 3 aliphatic rings. The molecule has 0 bridgehead atoms. The van der Waals surface area contributed by atoms with E-state index in [1.54, 1.807) is 12.1 Å². The summed E-state index contributed by atoms with van der Waals surface area (Å²) in [6.45, 7) is 8.02. The summed E-state index contributed by atoms with van der Waals surface area (Å²) in [5.74, 6) is -0.176. The molecule has 3 amide bonds. The predicted octanol–water partition coefficient (Wildman–Crippen LogP) is 5.11. The normalized spacial score (nSPS) is 23.8. The molecule has 3 aromatic rings. The third kappa shape index (κ3) is 5.45. The molecule has 9 heteroatoms. The van der Waals surface area contributed by atoms with Crippen molar-refractivity contribution >= 4 is 28.6 Å². The number of carbonyl (C=O) groups excluding carboxylic acids is 3. The molecular formula is C34H42N4O5. The fourth-order valence-electron chi connectivity index (χ4n) is 7.14. The molecule has 0 radical (unpaired) electrons. The van der Waals surface area contributed by atoms with Crippen molar-refractivity contribution < 1.29 is 24.0 Å². The van der Waals surface area contributed by atoms with Gasteiger partial charge < -0.3 is 19.1 Å². The average Bonchev–Trinajstić information content (AvgIpc) is 3.34. The number of ether oxygens (including phenoxy) is 1. The number of nitrogens with one attached hydrogen (secondary N) is 1. The van der Waals surface area contributed by atoms with E-state index in [4.69, 9.17) is 9.57 Å². The highest BCUT2D eigenvalue weighted by atomic mass is 16.8. The fraction of sp³-hybridized carbons (Fsp3) is 0.500. The Labute approximate surface area is 253 Å². The van der Waals surface area contributed by atoms with Crippen LogP contribution in [0.5, 0.6) is 0 Å². The van der Waals surface area contributed by atoms with Gasteiger partial charge in [-0.25, -0.2) is 10.3 Å². The van der Waals surface area contributed by atoms with Crippen molar-refractivity contribution in [1.82, 2.24) is 19.8 Å². The Morgan fingerprint density at radius 1 is 1.02 bits per heavy atom. The molecule has 2 fully saturated rings. The molecular weight excluding hydrogens is 544 g/mol. The van der Waals surface area contributed by atoms with Gasteiger partial charge in [0.25, 0.3) is 5.91 Å². The minimum Gasteiger partial charge on any atom is -0.350 e. The van der Waals surface area contributed by atoms with E-state index < -0.39 is 18.4 Å². The molecule has 0 aliphatic carbocycles. The van der Waals surface area contributed by atoms with Gasteiger partial charge in [0.05, 0.1) is 6.04 Å². The quantitative estimate of drug-likeness (QED) is 0.352. The maximum atomic E-state index is 14.0. The van der Waals surface area contributed by atoms with E-state index >= 15 is 0 Å². The largest absolute Gasteiger partial charge is 0.350 e. The number of hydrogen-bond donors (Lipinski definition) is 1. The van der Waals surface area contributed by atoms with Gasteiger partial charge >= 0.3 is 0 Å². The van der Waals surface area contributed by atoms with Gasteiger partial charge in [0.1, 0.15) is 12.1 Å². The van der Waals surface area contributed by atoms with Crippen LogP contribution in [-0.4, -0.2) is 63.6 Å². The van der Waals surface area contributed by atoms with E-state index in [0.29, 0.717) is 38.1 Å². The van der Waals surface area contributed by atoms with E-state index in [9.17, 15) is 14.4 Å². The van der Waals surface area contributed by atoms with Crippen LogP contribution in [-0.2, 0) is 32.1 Å². The highest BCUT2D eigenvalue weighted by molar-refractivity contribution is 5.99. The zero-order valence-corrected chi connectivity index (χ0v) is 25.4. The zero-order valence-electron chi connectivity index (χ0n) is 25.4. The van der Waals surface area contributed by atoms with Crippen LogP contribution in [0.15, 0.2) is 48.5 Å². The van der Waals surface area contributed by atoms with Crippen LogP contribution < -0.4 is 5.48 Å². The van der Waals surface area contributed by atoms with Gasteiger partial charge in [0.2, 0.25) is 11.8 Å². The van der Waals surface area contributed by atoms with E-state index in [1.807, 2.05) is 34.1 Å². The van der Waals surface area contributed by atoms with Crippen molar-refractivity contribution in [3.8, 4) is 0 Å². The number of fused-ring (bicyclic) bond motifs is 4. The second-order valence-corrected chi connectivity index (χ2v) is 12.0. The van der Waals surface area contributed by atoms with Crippen LogP contribution in [0.2, 0.25) is 0 Å². The summed E-state index contributed by atoms with van der Waals surface area (Å²) >= 11 is 0. The summed E-state index contributed by atoms with van der Waals surface area (Å²) in [6, 6.07) is 14.7. The van der Waals surface area contributed by atoms with Crippen molar-refractivity contribution in [3.63, 3.8) is 0 Å². The molecule has 0 saturated carbocycles. The number of aromatic nitrogens is 1. The number of nitrogens with zero attached hydrogens (tertiary/aromatic N) is 3. The van der Waals surface area contributed by atoms with Crippen molar-refractivity contribution in [2.75, 3.05) is 13.2 Å². The van der Waals surface area contributed by atoms with Crippen molar-refractivity contribution in [1.29, 1.82) is 0 Å². The Morgan fingerprint density at radius 3 is 2.53 bits per heavy atom. The first-order valence-electron chi connectivity index (χ1n) is 15.8. The number of para-hydroxylation sites is 1. The number of hydroxylamine groups is 1. The Bertz CT molecular complexity index is 1490. The summed E-state index contributed by atoms with van der Waals surface area (Å²) in [5.41, 5.74) is 7.37. The molecule has 43 heavy (non-hydrogen) atoms. The van der Waals surface area contributed by atoms with Crippen molar-refractivity contribution in [2.45, 2.75) is 96.7 Å². The zero-order chi connectivity index (χ0) is 30.1. The lowest BCUT2D eigenvalue weighted by Crippen LogP contribution is -2.66. The second-order valence-electron chi connectivity index (χ2n) is 12.0. The molecule has 3 aliphatic heterocycles. The monoisotopic (exact) mass is 586 g/mol. The van der Waals surface area contributed by atoms with E-state index in [-0.39, 0.29) is 23.8 Å². The maximum Gasteiger partial charge on any atom is 0.274 e. The lowest BCUT2D eigenvalue weighted by atomic mass is 9.87. The number of benzene rings is 2. The highest BCUT2D eigenvalue weighted by Gasteiger charge is 2.50. The topological polar surface area (TPSA) is 93.1 Å². The number of rotatable bonds is 9. The minimum atomic E-state index is -0.479. The fourth-order valence-corrected chi connectivity index (χ4v) is 7.14. The van der Waals surface area contributed by atoms with E-state index in [0.717, 1.165) is 59.8 Å². The van der Waals surface area contributed by atoms with Gasteiger partial charge in [-0.1, -0.05) is 50.6 Å². The first kappa shape index (κ1) is 29.4. The van der Waals surface area contributed by atoms with Crippen molar-refractivity contribution in [3.05, 3.63) is 70.9 Å². The number of carbonyl (C=O) groups is 3. The summed E-state index contributed by atoms with van der Waals surface area (Å²) in [4.78, 5) is 49.7. The Morgan fingerprint density at radius 2 is 1.81 bits per heavy atom. The molecule has 2 saturated heterocycles. The SMILES string of the molecule is CCC[C@H]1C(=O)N2[C@H](Cc3c(n(Cc4ccc(C(=O)NOC5CCCCO5)cc4)c4ccccc34)[C@@H]2C)C(=O)N1CCC. The van der Waals surface area contributed by atoms with Crippen LogP contribution in [0.1, 0.15) is 92.5 Å². The third-order valence-electron chi connectivity index (χ3n) is 9.15. The molecule has 4 atom stereocenters. The standard InChI is InChI=1S/C34H42N4O5/c1-4-10-28-34(41)38-22(3)31-26(20-29(38)33(40)36(28)18-5-2)25-11-6-7-12-27(25)37(31)21-23-14-16-24(17-15-23)32(39)35-43-30-13-8-9-19-42-30/h6-7,11-12,14-17,22,28-30H,4-5,8-10,13,18-21H2,1-3H3,(H,35,39)/t22-,28-,29+,30?/m0/s1. The van der Waals surface area contributed by atoms with Crippen LogP contribution >= 0.6 is 0 Å². The lowest BCUT2D eigenvalue weighted by Gasteiger charge is -2.50. The van der Waals surface area contributed by atoms with Gasteiger partial charge in [-0.2, -0.15) is 0 Å². The average molecular weight is 587 g/mol. The summed E-state index contributed by atoms with van der Waals surface area (Å²) in [7, 11) is 0. The van der Waals surface area contributed by atoms with Crippen molar-refractivity contribution in [2.24, 2.45) is 0 Å². The number of piperazine rings is 1. The lowest BCUT2D eigenvalue weighted by molar-refractivity contribution is -0.186. The first-order valence-corrected chi connectivity index (χ1v) is 15.8. The molecule has 0 spiro atoms. The Balaban J connectivity index is 1.28. The molecule has 4 heterocycles. The Hall–Kier alpha value is -3.69. The van der Waals surface area contributed by atoms with Crippen LogP contribution in [0.4, 0.5) is 0 Å². The van der Waals surface area contributed by atoms with Gasteiger partial charge in [0.15, 0.2) is 6.29 Å². The summed E-state index contributed by atoms with van der Waals surface area (Å²) < 4.78 is 7.81. The Kier molecular flexibility index (Phi) is 8.54. The molecule has 1 unspecified atom stereocenters. The maximum absolute atomic E-state index is 14.0. The van der Waals surface area contributed by atoms with Crippen LogP contribution in [0, 0.1) is 0 Å². The van der Waals surface area contributed by atoms with Crippen LogP contribution in [0.25, 0.3) is 10.9 Å². The molecule has 228 valence electrons. The minimum absolute atomic E-state index is 0.0612. The van der Waals surface area contributed by atoms with E-state index in [1.165, 1.54) is 0 Å². The van der Waals surface area contributed by atoms with Gasteiger partial charge in [-0.05, 0) is 61.9 Å². The van der Waals surface area contributed by atoms with Gasteiger partial charge in [0, 0.05) is 54.7 Å². The second kappa shape index (κ2) is 12.5. The van der Waals surface area contributed by atoms with Crippen LogP contribution in [0.3, 0.4) is 0 Å². The molecule has 1 aromatic heterocycles. The number of amides is 3. The third-order valence-corrected chi connectivity index (χ3v) is 9.15. The predicted molar refractivity (Wildman–Crippen MR) is 163 cm³/mol. The molecule has 9 nitrogen and oxygen atoms in total. The summed E-state index contributed by atoms with van der Waals surface area (Å²) in [5, 5.41) is 1.13. The first-order chi connectivity index (χ1) is 20.9. The summed E-state index contributed by atoms with van der Waals surface area (Å²) in [6.07, 6.45) is 5.26. The number of hydrogen-bond acceptors (Lipinski definition) is 5. The van der Waals surface area contributed by atoms with Gasteiger partial charge in [-0.15, -0.1) is 0 Å². The smallest absolute Gasteiger partial charge is 0.274 e. The van der Waals surface area contributed by atoms with E-state index in [2.05, 4.69) is 43.0 Å². The van der Waals surface area contributed by atoms with Gasteiger partial charge in [-0.3, -0.25) is 14.4 Å². The molecule has 1 N–H and O–H groups in total.